The van der Waals surface area contributed by atoms with Gasteiger partial charge < -0.3 is 15.0 Å². The van der Waals surface area contributed by atoms with Crippen molar-refractivity contribution in [3.8, 4) is 16.9 Å². The van der Waals surface area contributed by atoms with E-state index in [1.54, 1.807) is 39.9 Å². The topological polar surface area (TPSA) is 76.5 Å². The summed E-state index contributed by atoms with van der Waals surface area (Å²) < 4.78 is 8.15. The van der Waals surface area contributed by atoms with Gasteiger partial charge in [0.1, 0.15) is 11.4 Å². The molecule has 0 atom stereocenters. The second-order valence-electron chi connectivity index (χ2n) is 8.50. The number of benzene rings is 3. The minimum Gasteiger partial charge on any atom is -0.378 e. The highest BCUT2D eigenvalue weighted by molar-refractivity contribution is 9.10. The minimum atomic E-state index is -0.353. The molecule has 0 unspecified atom stereocenters. The summed E-state index contributed by atoms with van der Waals surface area (Å²) in [6.07, 6.45) is 3.58. The van der Waals surface area contributed by atoms with Crippen LogP contribution in [0.2, 0.25) is 0 Å². The molecule has 5 rings (SSSR count). The van der Waals surface area contributed by atoms with Gasteiger partial charge in [-0.2, -0.15) is 5.10 Å². The number of ether oxygens (including phenoxy) is 1. The summed E-state index contributed by atoms with van der Waals surface area (Å²) in [6, 6.07) is 26.4. The van der Waals surface area contributed by atoms with Crippen LogP contribution in [0, 0.1) is 0 Å². The number of carbonyl (C=O) groups excluding carboxylic acids is 2. The maximum Gasteiger partial charge on any atom is 0.270 e. The van der Waals surface area contributed by atoms with Crippen LogP contribution in [0.25, 0.3) is 23.0 Å². The van der Waals surface area contributed by atoms with Crippen molar-refractivity contribution in [2.75, 3.05) is 26.3 Å². The summed E-state index contributed by atoms with van der Waals surface area (Å²) in [5.41, 5.74) is 3.82. The van der Waals surface area contributed by atoms with Crippen LogP contribution in [-0.4, -0.2) is 52.8 Å². The molecule has 7 nitrogen and oxygen atoms in total. The van der Waals surface area contributed by atoms with Crippen LogP contribution in [0.4, 0.5) is 0 Å². The molecule has 1 aliphatic heterocycles. The lowest BCUT2D eigenvalue weighted by Gasteiger charge is -2.27. The molecule has 8 heteroatoms. The fourth-order valence-corrected chi connectivity index (χ4v) is 4.33. The number of hydrogen-bond acceptors (Lipinski definition) is 4. The fraction of sp³-hybridized carbons (Fsp3) is 0.138. The van der Waals surface area contributed by atoms with Crippen LogP contribution in [0.5, 0.6) is 0 Å². The van der Waals surface area contributed by atoms with Gasteiger partial charge in [-0.05, 0) is 42.5 Å². The molecule has 0 saturated carbocycles. The monoisotopic (exact) mass is 556 g/mol. The zero-order valence-corrected chi connectivity index (χ0v) is 21.6. The first-order chi connectivity index (χ1) is 18.1. The highest BCUT2D eigenvalue weighted by atomic mass is 79.9. The third-order valence-corrected chi connectivity index (χ3v) is 6.52. The Morgan fingerprint density at radius 2 is 1.54 bits per heavy atom. The Balaban J connectivity index is 1.59. The van der Waals surface area contributed by atoms with E-state index in [0.717, 1.165) is 15.7 Å². The van der Waals surface area contributed by atoms with E-state index in [4.69, 9.17) is 9.84 Å². The van der Waals surface area contributed by atoms with Crippen LogP contribution in [0.15, 0.2) is 101 Å². The first kappa shape index (κ1) is 24.7. The van der Waals surface area contributed by atoms with Crippen molar-refractivity contribution in [2.24, 2.45) is 0 Å². The van der Waals surface area contributed by atoms with E-state index in [0.29, 0.717) is 43.1 Å². The number of amides is 2. The van der Waals surface area contributed by atoms with Gasteiger partial charge in [-0.25, -0.2) is 4.68 Å². The van der Waals surface area contributed by atoms with Crippen molar-refractivity contribution in [2.45, 2.75) is 0 Å². The quantitative estimate of drug-likeness (QED) is 0.341. The van der Waals surface area contributed by atoms with Gasteiger partial charge in [0, 0.05) is 40.4 Å². The fourth-order valence-electron chi connectivity index (χ4n) is 4.07. The summed E-state index contributed by atoms with van der Waals surface area (Å²) in [7, 11) is 0. The molecule has 1 N–H and O–H groups in total. The molecule has 1 fully saturated rings. The van der Waals surface area contributed by atoms with E-state index in [1.165, 1.54) is 0 Å². The Bertz CT molecular complexity index is 1410. The van der Waals surface area contributed by atoms with Gasteiger partial charge in [0.2, 0.25) is 0 Å². The number of para-hydroxylation sites is 1. The number of carbonyl (C=O) groups is 2. The molecular weight excluding hydrogens is 532 g/mol. The second-order valence-corrected chi connectivity index (χ2v) is 9.42. The highest BCUT2D eigenvalue weighted by Gasteiger charge is 2.24. The molecule has 1 aromatic heterocycles. The standard InChI is InChI=1S/C29H25BrN4O3/c30-24-13-11-21(12-14-24)27-23(20-34(32-27)25-9-5-2-6-10-25)19-26(29(36)33-15-17-37-18-16-33)31-28(35)22-7-3-1-4-8-22/h1-14,19-20H,15-18H2,(H,31,35)/b26-19-. The zero-order chi connectivity index (χ0) is 25.6. The largest absolute Gasteiger partial charge is 0.378 e. The van der Waals surface area contributed by atoms with Crippen LogP contribution in [-0.2, 0) is 9.53 Å². The number of rotatable bonds is 6. The van der Waals surface area contributed by atoms with E-state index in [-0.39, 0.29) is 17.5 Å². The van der Waals surface area contributed by atoms with Crippen molar-refractivity contribution in [1.82, 2.24) is 20.0 Å². The maximum atomic E-state index is 13.6. The van der Waals surface area contributed by atoms with Crippen molar-refractivity contribution in [3.05, 3.63) is 112 Å². The predicted molar refractivity (Wildman–Crippen MR) is 146 cm³/mol. The van der Waals surface area contributed by atoms with E-state index >= 15 is 0 Å². The van der Waals surface area contributed by atoms with Crippen molar-refractivity contribution in [3.63, 3.8) is 0 Å². The maximum absolute atomic E-state index is 13.6. The molecular formula is C29H25BrN4O3. The molecule has 4 aromatic rings. The third-order valence-electron chi connectivity index (χ3n) is 5.99. The molecule has 1 saturated heterocycles. The number of nitrogens with one attached hydrogen (secondary N) is 1. The average molecular weight is 557 g/mol. The van der Waals surface area contributed by atoms with Gasteiger partial charge in [-0.3, -0.25) is 9.59 Å². The number of halogens is 1. The van der Waals surface area contributed by atoms with E-state index in [2.05, 4.69) is 21.2 Å². The molecule has 0 aliphatic carbocycles. The minimum absolute atomic E-state index is 0.182. The molecule has 2 heterocycles. The second kappa shape index (κ2) is 11.4. The number of aromatic nitrogens is 2. The summed E-state index contributed by atoms with van der Waals surface area (Å²) in [5, 5.41) is 7.70. The number of nitrogens with zero attached hydrogens (tertiary/aromatic N) is 3. The van der Waals surface area contributed by atoms with Crippen LogP contribution >= 0.6 is 15.9 Å². The van der Waals surface area contributed by atoms with Gasteiger partial charge in [0.05, 0.1) is 18.9 Å². The van der Waals surface area contributed by atoms with E-state index in [1.807, 2.05) is 66.9 Å². The van der Waals surface area contributed by atoms with Gasteiger partial charge in [-0.1, -0.05) is 64.5 Å². The van der Waals surface area contributed by atoms with Crippen molar-refractivity contribution in [1.29, 1.82) is 0 Å². The lowest BCUT2D eigenvalue weighted by Crippen LogP contribution is -2.44. The van der Waals surface area contributed by atoms with E-state index in [9.17, 15) is 9.59 Å². The summed E-state index contributed by atoms with van der Waals surface area (Å²) in [4.78, 5) is 28.4. The molecule has 186 valence electrons. The Kier molecular flexibility index (Phi) is 7.58. The van der Waals surface area contributed by atoms with Crippen LogP contribution in [0.1, 0.15) is 15.9 Å². The van der Waals surface area contributed by atoms with Crippen LogP contribution in [0.3, 0.4) is 0 Å². The number of hydrogen-bond donors (Lipinski definition) is 1. The SMILES string of the molecule is O=C(N/C(=C\c1cn(-c2ccccc2)nc1-c1ccc(Br)cc1)C(=O)N1CCOCC1)c1ccccc1. The van der Waals surface area contributed by atoms with Crippen molar-refractivity contribution < 1.29 is 14.3 Å². The summed E-state index contributed by atoms with van der Waals surface area (Å²) >= 11 is 3.49. The lowest BCUT2D eigenvalue weighted by atomic mass is 10.1. The van der Waals surface area contributed by atoms with Crippen LogP contribution < -0.4 is 5.32 Å². The Morgan fingerprint density at radius 3 is 2.22 bits per heavy atom. The zero-order valence-electron chi connectivity index (χ0n) is 20.0. The molecule has 37 heavy (non-hydrogen) atoms. The van der Waals surface area contributed by atoms with Gasteiger partial charge in [-0.15, -0.1) is 0 Å². The third kappa shape index (κ3) is 5.87. The van der Waals surface area contributed by atoms with Gasteiger partial charge in [0.25, 0.3) is 11.8 Å². The Morgan fingerprint density at radius 1 is 0.892 bits per heavy atom. The first-order valence-electron chi connectivity index (χ1n) is 11.9. The van der Waals surface area contributed by atoms with Gasteiger partial charge in [0.15, 0.2) is 0 Å². The van der Waals surface area contributed by atoms with Gasteiger partial charge >= 0.3 is 0 Å². The lowest BCUT2D eigenvalue weighted by molar-refractivity contribution is -0.131. The molecule has 0 radical (unpaired) electrons. The molecule has 0 bridgehead atoms. The molecule has 3 aromatic carbocycles. The Labute approximate surface area is 223 Å². The molecule has 0 spiro atoms. The predicted octanol–water partition coefficient (Wildman–Crippen LogP) is 4.93. The summed E-state index contributed by atoms with van der Waals surface area (Å²) in [5.74, 6) is -0.615. The number of morpholine rings is 1. The Hall–Kier alpha value is -4.01. The average Bonchev–Trinajstić information content (AvgIpc) is 3.38. The normalized spacial score (nSPS) is 13.9. The molecule has 1 aliphatic rings. The van der Waals surface area contributed by atoms with E-state index < -0.39 is 0 Å². The highest BCUT2D eigenvalue weighted by Crippen LogP contribution is 2.27. The summed E-state index contributed by atoms with van der Waals surface area (Å²) in [6.45, 7) is 1.84. The smallest absolute Gasteiger partial charge is 0.270 e. The molecule has 2 amide bonds. The first-order valence-corrected chi connectivity index (χ1v) is 12.7. The van der Waals surface area contributed by atoms with Crippen molar-refractivity contribution >= 4 is 33.8 Å².